The number of carbonyl (C=O) groups excluding carboxylic acids is 2. The molecule has 1 aliphatic rings. The van der Waals surface area contributed by atoms with Crippen molar-refractivity contribution in [3.8, 4) is 0 Å². The van der Waals surface area contributed by atoms with E-state index < -0.39 is 35.6 Å². The second kappa shape index (κ2) is 8.10. The Morgan fingerprint density at radius 3 is 2.63 bits per heavy atom. The normalized spacial score (nSPS) is 16.6. The van der Waals surface area contributed by atoms with Gasteiger partial charge in [-0.25, -0.2) is 19.1 Å². The average molecular weight is 446 g/mol. The van der Waals surface area contributed by atoms with Crippen LogP contribution in [0.15, 0.2) is 30.3 Å². The van der Waals surface area contributed by atoms with E-state index in [9.17, 15) is 27.2 Å². The summed E-state index contributed by atoms with van der Waals surface area (Å²) in [6.07, 6.45) is -5.47. The van der Waals surface area contributed by atoms with E-state index in [4.69, 9.17) is 16.3 Å². The quantitative estimate of drug-likeness (QED) is 0.653. The van der Waals surface area contributed by atoms with Crippen molar-refractivity contribution in [3.05, 3.63) is 52.4 Å². The van der Waals surface area contributed by atoms with E-state index in [1.54, 1.807) is 6.92 Å². The summed E-state index contributed by atoms with van der Waals surface area (Å²) >= 11 is 5.74. The molecule has 2 aromatic rings. The standard InChI is InChI=1S/C19H16ClF4N3O3/c1-3-11-6-10(19(22,23)24)7-16(25-11)27-15(9-30-18(27)29)17(28)26(2)12-4-5-14(21)13(20)8-12/h4-8,15H,3,9H2,1-2H3/t15-/m0/s1. The number of benzene rings is 1. The Labute approximate surface area is 174 Å². The number of hydrogen-bond donors (Lipinski definition) is 0. The summed E-state index contributed by atoms with van der Waals surface area (Å²) in [5, 5.41) is -0.213. The van der Waals surface area contributed by atoms with Gasteiger partial charge in [0.2, 0.25) is 0 Å². The second-order valence-corrected chi connectivity index (χ2v) is 6.92. The van der Waals surface area contributed by atoms with Crippen LogP contribution in [0, 0.1) is 5.82 Å². The predicted octanol–water partition coefficient (Wildman–Crippen LogP) is 4.44. The van der Waals surface area contributed by atoms with Gasteiger partial charge in [0.15, 0.2) is 6.04 Å². The van der Waals surface area contributed by atoms with Gasteiger partial charge >= 0.3 is 12.3 Å². The number of rotatable bonds is 4. The van der Waals surface area contributed by atoms with Crippen LogP contribution in [0.4, 0.5) is 33.9 Å². The molecule has 2 amide bonds. The first-order valence-corrected chi connectivity index (χ1v) is 9.17. The Morgan fingerprint density at radius 2 is 2.03 bits per heavy atom. The third-order valence-electron chi connectivity index (χ3n) is 4.58. The van der Waals surface area contributed by atoms with Gasteiger partial charge in [0, 0.05) is 18.4 Å². The highest BCUT2D eigenvalue weighted by Crippen LogP contribution is 2.34. The molecule has 1 saturated heterocycles. The molecule has 0 saturated carbocycles. The highest BCUT2D eigenvalue weighted by molar-refractivity contribution is 6.31. The van der Waals surface area contributed by atoms with Crippen LogP contribution >= 0.6 is 11.6 Å². The third kappa shape index (κ3) is 4.18. The number of amides is 2. The van der Waals surface area contributed by atoms with Gasteiger partial charge in [0.25, 0.3) is 5.91 Å². The van der Waals surface area contributed by atoms with Crippen LogP contribution in [-0.2, 0) is 22.1 Å². The molecule has 3 rings (SSSR count). The van der Waals surface area contributed by atoms with Crippen LogP contribution in [0.3, 0.4) is 0 Å². The molecule has 0 aliphatic carbocycles. The lowest BCUT2D eigenvalue weighted by molar-refractivity contribution is -0.137. The lowest BCUT2D eigenvalue weighted by Gasteiger charge is -2.26. The summed E-state index contributed by atoms with van der Waals surface area (Å²) in [5.74, 6) is -1.68. The minimum Gasteiger partial charge on any atom is -0.446 e. The summed E-state index contributed by atoms with van der Waals surface area (Å²) in [4.78, 5) is 31.2. The zero-order chi connectivity index (χ0) is 22.2. The van der Waals surface area contributed by atoms with E-state index in [0.29, 0.717) is 6.07 Å². The van der Waals surface area contributed by atoms with Crippen molar-refractivity contribution in [1.82, 2.24) is 4.98 Å². The van der Waals surface area contributed by atoms with Crippen molar-refractivity contribution in [1.29, 1.82) is 0 Å². The predicted molar refractivity (Wildman–Crippen MR) is 101 cm³/mol. The third-order valence-corrected chi connectivity index (χ3v) is 4.87. The fourth-order valence-electron chi connectivity index (χ4n) is 2.94. The van der Waals surface area contributed by atoms with Gasteiger partial charge < -0.3 is 9.64 Å². The largest absolute Gasteiger partial charge is 0.446 e. The number of anilines is 2. The summed E-state index contributed by atoms with van der Waals surface area (Å²) in [5.41, 5.74) is -0.657. The van der Waals surface area contributed by atoms with Crippen molar-refractivity contribution < 1.29 is 31.9 Å². The molecule has 1 aromatic carbocycles. The van der Waals surface area contributed by atoms with Gasteiger partial charge in [0.1, 0.15) is 18.2 Å². The number of pyridine rings is 1. The van der Waals surface area contributed by atoms with Crippen molar-refractivity contribution in [2.24, 2.45) is 0 Å². The van der Waals surface area contributed by atoms with E-state index in [1.165, 1.54) is 19.2 Å². The lowest BCUT2D eigenvalue weighted by atomic mass is 10.1. The van der Waals surface area contributed by atoms with Gasteiger partial charge in [-0.05, 0) is 36.8 Å². The zero-order valence-corrected chi connectivity index (χ0v) is 16.6. The Hall–Kier alpha value is -2.88. The van der Waals surface area contributed by atoms with E-state index >= 15 is 0 Å². The molecule has 0 spiro atoms. The number of likely N-dealkylation sites (N-methyl/N-ethyl adjacent to an activating group) is 1. The molecule has 0 radical (unpaired) electrons. The average Bonchev–Trinajstić information content (AvgIpc) is 3.09. The zero-order valence-electron chi connectivity index (χ0n) is 15.8. The minimum absolute atomic E-state index is 0.101. The maximum absolute atomic E-state index is 13.4. The van der Waals surface area contributed by atoms with Crippen LogP contribution in [-0.4, -0.2) is 36.7 Å². The van der Waals surface area contributed by atoms with Crippen LogP contribution in [0.25, 0.3) is 0 Å². The molecular weight excluding hydrogens is 430 g/mol. The SMILES string of the molecule is CCc1cc(C(F)(F)F)cc(N2C(=O)OC[C@H]2C(=O)N(C)c2ccc(F)c(Cl)c2)n1. The van der Waals surface area contributed by atoms with Crippen LogP contribution in [0.1, 0.15) is 18.2 Å². The van der Waals surface area contributed by atoms with Crippen molar-refractivity contribution in [3.63, 3.8) is 0 Å². The van der Waals surface area contributed by atoms with E-state index in [0.717, 1.165) is 21.9 Å². The highest BCUT2D eigenvalue weighted by atomic mass is 35.5. The summed E-state index contributed by atoms with van der Waals surface area (Å²) in [7, 11) is 1.36. The van der Waals surface area contributed by atoms with Crippen LogP contribution < -0.4 is 9.80 Å². The van der Waals surface area contributed by atoms with E-state index in [1.807, 2.05) is 0 Å². The number of carbonyl (C=O) groups is 2. The maximum Gasteiger partial charge on any atom is 0.416 e. The molecule has 0 unspecified atom stereocenters. The fourth-order valence-corrected chi connectivity index (χ4v) is 3.12. The summed E-state index contributed by atoms with van der Waals surface area (Å²) in [6, 6.07) is 3.91. The lowest BCUT2D eigenvalue weighted by Crippen LogP contribution is -2.47. The van der Waals surface area contributed by atoms with Crippen LogP contribution in [0.5, 0.6) is 0 Å². The Kier molecular flexibility index (Phi) is 5.89. The molecular formula is C19H16ClF4N3O3. The summed E-state index contributed by atoms with van der Waals surface area (Å²) in [6.45, 7) is 1.24. The Morgan fingerprint density at radius 1 is 1.33 bits per heavy atom. The first-order chi connectivity index (χ1) is 14.0. The maximum atomic E-state index is 13.4. The van der Waals surface area contributed by atoms with Gasteiger partial charge in [-0.3, -0.25) is 4.79 Å². The first kappa shape index (κ1) is 21.8. The Bertz CT molecular complexity index is 999. The molecule has 0 bridgehead atoms. The minimum atomic E-state index is -4.66. The number of nitrogens with zero attached hydrogens (tertiary/aromatic N) is 3. The fraction of sp³-hybridized carbons (Fsp3) is 0.316. The molecule has 1 aromatic heterocycles. The van der Waals surface area contributed by atoms with Crippen molar-refractivity contribution in [2.75, 3.05) is 23.5 Å². The molecule has 1 fully saturated rings. The smallest absolute Gasteiger partial charge is 0.416 e. The van der Waals surface area contributed by atoms with E-state index in [2.05, 4.69) is 4.98 Å². The molecule has 30 heavy (non-hydrogen) atoms. The number of halogens is 5. The number of alkyl halides is 3. The molecule has 160 valence electrons. The Balaban J connectivity index is 1.97. The van der Waals surface area contributed by atoms with Crippen molar-refractivity contribution >= 4 is 35.1 Å². The molecule has 0 N–H and O–H groups in total. The second-order valence-electron chi connectivity index (χ2n) is 6.52. The molecule has 1 atom stereocenters. The molecule has 1 aliphatic heterocycles. The number of hydrogen-bond acceptors (Lipinski definition) is 4. The molecule has 6 nitrogen and oxygen atoms in total. The molecule has 2 heterocycles. The number of ether oxygens (including phenoxy) is 1. The number of aromatic nitrogens is 1. The topological polar surface area (TPSA) is 62.7 Å². The molecule has 11 heteroatoms. The monoisotopic (exact) mass is 445 g/mol. The van der Waals surface area contributed by atoms with Gasteiger partial charge in [-0.2, -0.15) is 13.2 Å². The number of aryl methyl sites for hydroxylation is 1. The van der Waals surface area contributed by atoms with Gasteiger partial charge in [-0.15, -0.1) is 0 Å². The van der Waals surface area contributed by atoms with E-state index in [-0.39, 0.29) is 35.2 Å². The number of cyclic esters (lactones) is 1. The van der Waals surface area contributed by atoms with Gasteiger partial charge in [-0.1, -0.05) is 18.5 Å². The van der Waals surface area contributed by atoms with Crippen molar-refractivity contribution in [2.45, 2.75) is 25.6 Å². The summed E-state index contributed by atoms with van der Waals surface area (Å²) < 4.78 is 58.1. The van der Waals surface area contributed by atoms with Gasteiger partial charge in [0.05, 0.1) is 10.6 Å². The first-order valence-electron chi connectivity index (χ1n) is 8.79. The van der Waals surface area contributed by atoms with Crippen LogP contribution in [0.2, 0.25) is 5.02 Å². The highest BCUT2D eigenvalue weighted by Gasteiger charge is 2.43.